The van der Waals surface area contributed by atoms with Gasteiger partial charge in [0, 0.05) is 57.5 Å². The van der Waals surface area contributed by atoms with Gasteiger partial charge < -0.3 is 0 Å². The maximum atomic E-state index is 5.06. The van der Waals surface area contributed by atoms with Crippen molar-refractivity contribution in [3.05, 3.63) is 140 Å². The average molecular weight is 550 g/mol. The second-order valence-electron chi connectivity index (χ2n) is 10.8. The van der Waals surface area contributed by atoms with E-state index in [9.17, 15) is 0 Å². The highest BCUT2D eigenvalue weighted by Crippen LogP contribution is 2.39. The first-order valence-corrected chi connectivity index (χ1v) is 14.3. The molecule has 9 aromatic rings. The van der Waals surface area contributed by atoms with E-state index < -0.39 is 0 Å². The molecule has 0 bridgehead atoms. The number of benzene rings is 4. The highest BCUT2D eigenvalue weighted by atomic mass is 15.1. The van der Waals surface area contributed by atoms with E-state index in [1.54, 1.807) is 0 Å². The van der Waals surface area contributed by atoms with E-state index in [-0.39, 0.29) is 0 Å². The third kappa shape index (κ3) is 3.65. The molecule has 0 unspecified atom stereocenters. The van der Waals surface area contributed by atoms with Crippen LogP contribution < -0.4 is 0 Å². The van der Waals surface area contributed by atoms with Crippen LogP contribution in [-0.2, 0) is 0 Å². The molecule has 0 aliphatic rings. The summed E-state index contributed by atoms with van der Waals surface area (Å²) < 4.78 is 2.27. The molecule has 0 atom stereocenters. The molecule has 5 aromatic heterocycles. The fourth-order valence-corrected chi connectivity index (χ4v) is 6.42. The van der Waals surface area contributed by atoms with Gasteiger partial charge >= 0.3 is 0 Å². The molecule has 200 valence electrons. The Bertz CT molecular complexity index is 2500. The maximum Gasteiger partial charge on any atom is 0.137 e. The van der Waals surface area contributed by atoms with Crippen molar-refractivity contribution in [1.82, 2.24) is 24.5 Å². The van der Waals surface area contributed by atoms with E-state index >= 15 is 0 Å². The minimum absolute atomic E-state index is 0.870. The molecule has 4 aromatic carbocycles. The standard InChI is InChI=1S/C38H23N5/c1-2-9-28-24(7-1)12-16-34-36(28)31-21-25(32-11-3-4-18-39-32)13-15-33(31)43(34)35-17-14-27(23-42-35)30-22-26-8-5-19-40-37(26)38-29(30)10-6-20-41-38/h1-23H. The topological polar surface area (TPSA) is 56.5 Å². The van der Waals surface area contributed by atoms with Crippen LogP contribution in [0.25, 0.3) is 82.6 Å². The van der Waals surface area contributed by atoms with Gasteiger partial charge in [0.05, 0.1) is 27.8 Å². The Morgan fingerprint density at radius 3 is 2.12 bits per heavy atom. The average Bonchev–Trinajstić information content (AvgIpc) is 3.42. The zero-order chi connectivity index (χ0) is 28.3. The van der Waals surface area contributed by atoms with E-state index in [1.165, 1.54) is 21.5 Å². The van der Waals surface area contributed by atoms with Gasteiger partial charge in [-0.15, -0.1) is 0 Å². The summed E-state index contributed by atoms with van der Waals surface area (Å²) in [4.78, 5) is 19.0. The molecule has 0 aliphatic carbocycles. The molecule has 5 nitrogen and oxygen atoms in total. The lowest BCUT2D eigenvalue weighted by Gasteiger charge is -2.11. The normalized spacial score (nSPS) is 11.7. The predicted octanol–water partition coefficient (Wildman–Crippen LogP) is 9.16. The molecule has 0 aliphatic heterocycles. The van der Waals surface area contributed by atoms with Crippen LogP contribution in [0.1, 0.15) is 0 Å². The van der Waals surface area contributed by atoms with E-state index in [1.807, 2.05) is 49.1 Å². The minimum atomic E-state index is 0.870. The lowest BCUT2D eigenvalue weighted by molar-refractivity contribution is 1.08. The maximum absolute atomic E-state index is 5.06. The first kappa shape index (κ1) is 23.7. The Morgan fingerprint density at radius 2 is 1.23 bits per heavy atom. The number of aromatic nitrogens is 5. The Labute approximate surface area is 246 Å². The second kappa shape index (κ2) is 9.29. The number of hydrogen-bond donors (Lipinski definition) is 0. The summed E-state index contributed by atoms with van der Waals surface area (Å²) in [5.41, 5.74) is 8.23. The summed E-state index contributed by atoms with van der Waals surface area (Å²) >= 11 is 0. The van der Waals surface area contributed by atoms with Gasteiger partial charge in [-0.25, -0.2) is 4.98 Å². The third-order valence-corrected chi connectivity index (χ3v) is 8.36. The summed E-state index contributed by atoms with van der Waals surface area (Å²) in [6, 6.07) is 40.2. The van der Waals surface area contributed by atoms with Crippen LogP contribution in [-0.4, -0.2) is 24.5 Å². The van der Waals surface area contributed by atoms with Crippen molar-refractivity contribution in [1.29, 1.82) is 0 Å². The fourth-order valence-electron chi connectivity index (χ4n) is 6.42. The minimum Gasteiger partial charge on any atom is -0.294 e. The van der Waals surface area contributed by atoms with Crippen molar-refractivity contribution >= 4 is 54.4 Å². The third-order valence-electron chi connectivity index (χ3n) is 8.36. The van der Waals surface area contributed by atoms with Crippen LogP contribution in [0, 0.1) is 0 Å². The smallest absolute Gasteiger partial charge is 0.137 e. The van der Waals surface area contributed by atoms with E-state index in [4.69, 9.17) is 4.98 Å². The summed E-state index contributed by atoms with van der Waals surface area (Å²) in [5.74, 6) is 0.870. The Balaban J connectivity index is 1.27. The number of hydrogen-bond acceptors (Lipinski definition) is 4. The monoisotopic (exact) mass is 549 g/mol. The molecular weight excluding hydrogens is 526 g/mol. The highest BCUT2D eigenvalue weighted by Gasteiger charge is 2.17. The highest BCUT2D eigenvalue weighted by molar-refractivity contribution is 6.21. The van der Waals surface area contributed by atoms with Crippen molar-refractivity contribution in [3.63, 3.8) is 0 Å². The Morgan fingerprint density at radius 1 is 0.465 bits per heavy atom. The zero-order valence-electron chi connectivity index (χ0n) is 23.0. The van der Waals surface area contributed by atoms with Gasteiger partial charge in [0.15, 0.2) is 0 Å². The second-order valence-corrected chi connectivity index (χ2v) is 10.8. The molecule has 5 heteroatoms. The Hall–Kier alpha value is -5.94. The van der Waals surface area contributed by atoms with Gasteiger partial charge in [-0.3, -0.25) is 19.5 Å². The van der Waals surface area contributed by atoms with Gasteiger partial charge in [0.2, 0.25) is 0 Å². The van der Waals surface area contributed by atoms with Crippen molar-refractivity contribution in [2.24, 2.45) is 0 Å². The predicted molar refractivity (Wildman–Crippen MR) is 175 cm³/mol. The van der Waals surface area contributed by atoms with Gasteiger partial charge in [-0.05, 0) is 77.0 Å². The van der Waals surface area contributed by atoms with Gasteiger partial charge in [0.25, 0.3) is 0 Å². The van der Waals surface area contributed by atoms with Crippen LogP contribution in [0.5, 0.6) is 0 Å². The molecular formula is C38H23N5. The molecule has 43 heavy (non-hydrogen) atoms. The van der Waals surface area contributed by atoms with Crippen molar-refractivity contribution in [2.75, 3.05) is 0 Å². The SMILES string of the molecule is c1ccc(-c2ccc3c(c2)c2c4ccccc4ccc2n3-c2ccc(-c3cc4cccnc4c4ncccc34)cn2)nc1. The summed E-state index contributed by atoms with van der Waals surface area (Å²) in [6.45, 7) is 0. The molecule has 0 radical (unpaired) electrons. The first-order valence-electron chi connectivity index (χ1n) is 14.3. The van der Waals surface area contributed by atoms with Crippen molar-refractivity contribution < 1.29 is 0 Å². The van der Waals surface area contributed by atoms with Crippen molar-refractivity contribution in [2.45, 2.75) is 0 Å². The van der Waals surface area contributed by atoms with Gasteiger partial charge in [0.1, 0.15) is 5.82 Å². The molecule has 0 saturated heterocycles. The molecule has 0 N–H and O–H groups in total. The largest absolute Gasteiger partial charge is 0.294 e. The van der Waals surface area contributed by atoms with Crippen LogP contribution in [0.15, 0.2) is 140 Å². The number of pyridine rings is 4. The Kier molecular flexibility index (Phi) is 5.13. The lowest BCUT2D eigenvalue weighted by atomic mass is 9.99. The quantitative estimate of drug-likeness (QED) is 0.206. The lowest BCUT2D eigenvalue weighted by Crippen LogP contribution is -1.97. The van der Waals surface area contributed by atoms with Crippen LogP contribution >= 0.6 is 0 Å². The molecule has 9 rings (SSSR count). The number of fused-ring (bicyclic) bond motifs is 8. The fraction of sp³-hybridized carbons (Fsp3) is 0. The number of rotatable bonds is 3. The van der Waals surface area contributed by atoms with Gasteiger partial charge in [-0.2, -0.15) is 0 Å². The van der Waals surface area contributed by atoms with E-state index in [2.05, 4.69) is 111 Å². The van der Waals surface area contributed by atoms with Crippen LogP contribution in [0.4, 0.5) is 0 Å². The molecule has 0 spiro atoms. The molecule has 5 heterocycles. The summed E-state index contributed by atoms with van der Waals surface area (Å²) in [7, 11) is 0. The van der Waals surface area contributed by atoms with Gasteiger partial charge in [-0.1, -0.05) is 54.6 Å². The molecule has 0 amide bonds. The van der Waals surface area contributed by atoms with Crippen LogP contribution in [0.2, 0.25) is 0 Å². The summed E-state index contributed by atoms with van der Waals surface area (Å²) in [5, 5.41) is 6.96. The van der Waals surface area contributed by atoms with Crippen LogP contribution in [0.3, 0.4) is 0 Å². The van der Waals surface area contributed by atoms with E-state index in [0.29, 0.717) is 0 Å². The zero-order valence-corrected chi connectivity index (χ0v) is 23.0. The number of nitrogens with zero attached hydrogens (tertiary/aromatic N) is 5. The van der Waals surface area contributed by atoms with E-state index in [0.717, 1.165) is 61.0 Å². The molecule has 0 saturated carbocycles. The molecule has 0 fully saturated rings. The van der Waals surface area contributed by atoms with Crippen molar-refractivity contribution in [3.8, 4) is 28.2 Å². The summed E-state index contributed by atoms with van der Waals surface area (Å²) in [6.07, 6.45) is 7.46. The first-order chi connectivity index (χ1) is 21.3.